The Balaban J connectivity index is 0.000000412. The summed E-state index contributed by atoms with van der Waals surface area (Å²) in [6, 6.07) is 4.88. The Morgan fingerprint density at radius 1 is 0.792 bits per heavy atom. The summed E-state index contributed by atoms with van der Waals surface area (Å²) in [5, 5.41) is 0. The summed E-state index contributed by atoms with van der Waals surface area (Å²) in [6.45, 7) is 0. The van der Waals surface area contributed by atoms with Crippen LogP contribution in [0.4, 0.5) is 0 Å². The van der Waals surface area contributed by atoms with Crippen LogP contribution in [0.2, 0.25) is 0 Å². The molecule has 0 aromatic heterocycles. The monoisotopic (exact) mass is 354 g/mol. The van der Waals surface area contributed by atoms with E-state index in [1.165, 1.54) is 0 Å². The van der Waals surface area contributed by atoms with Gasteiger partial charge in [0.05, 0.1) is 5.92 Å². The van der Waals surface area contributed by atoms with Crippen LogP contribution in [0, 0.1) is 88.4 Å². The van der Waals surface area contributed by atoms with Gasteiger partial charge < -0.3 is 4.74 Å². The molecule has 2 fully saturated rings. The van der Waals surface area contributed by atoms with E-state index in [-0.39, 0.29) is 17.1 Å². The first-order valence-corrected chi connectivity index (χ1v) is 6.92. The van der Waals surface area contributed by atoms with Gasteiger partial charge in [-0.3, -0.25) is 4.79 Å². The molecule has 1 aromatic carbocycles. The molecule has 2 nitrogen and oxygen atoms in total. The second kappa shape index (κ2) is 11.0. The van der Waals surface area contributed by atoms with Gasteiger partial charge >= 0.3 is 23.0 Å². The van der Waals surface area contributed by atoms with Crippen LogP contribution in [0.25, 0.3) is 0 Å². The first kappa shape index (κ1) is 20.4. The van der Waals surface area contributed by atoms with E-state index in [0.29, 0.717) is 22.8 Å². The average Bonchev–Trinajstić information content (AvgIpc) is 3.29. The Hall–Kier alpha value is -1.67. The number of rotatable bonds is 2. The molecule has 0 aliphatic heterocycles. The van der Waals surface area contributed by atoms with Gasteiger partial charge in [-0.25, -0.2) is 0 Å². The van der Waals surface area contributed by atoms with Crippen molar-refractivity contribution in [2.75, 3.05) is 0 Å². The van der Waals surface area contributed by atoms with Crippen LogP contribution in [0.3, 0.4) is 0 Å². The van der Waals surface area contributed by atoms with Crippen molar-refractivity contribution in [3.05, 3.63) is 93.0 Å². The van der Waals surface area contributed by atoms with E-state index < -0.39 is 5.97 Å². The van der Waals surface area contributed by atoms with Crippen LogP contribution in [-0.4, -0.2) is 5.97 Å². The molecule has 1 aromatic rings. The van der Waals surface area contributed by atoms with Gasteiger partial charge in [-0.2, -0.15) is 0 Å². The van der Waals surface area contributed by atoms with Gasteiger partial charge in [0.2, 0.25) is 0 Å². The summed E-state index contributed by atoms with van der Waals surface area (Å²) in [7, 11) is 0. The molecule has 2 saturated carbocycles. The molecule has 3 rings (SSSR count). The van der Waals surface area contributed by atoms with E-state index in [2.05, 4.69) is 11.8 Å². The van der Waals surface area contributed by atoms with E-state index >= 15 is 0 Å². The first-order valence-electron chi connectivity index (χ1n) is 6.92. The van der Waals surface area contributed by atoms with E-state index in [0.717, 1.165) is 0 Å². The predicted octanol–water partition coefficient (Wildman–Crippen LogP) is 2.98. The summed E-state index contributed by atoms with van der Waals surface area (Å²) < 4.78 is 5.21. The third-order valence-electron chi connectivity index (χ3n) is 2.90. The topological polar surface area (TPSA) is 26.3 Å². The van der Waals surface area contributed by atoms with E-state index in [1.54, 1.807) is 43.9 Å². The first-order chi connectivity index (χ1) is 11.2. The Labute approximate surface area is 156 Å². The second-order valence-electron chi connectivity index (χ2n) is 4.56. The third kappa shape index (κ3) is 6.45. The van der Waals surface area contributed by atoms with Crippen molar-refractivity contribution in [1.82, 2.24) is 0 Å². The fourth-order valence-electron chi connectivity index (χ4n) is 1.82. The molecule has 10 radical (unpaired) electrons. The van der Waals surface area contributed by atoms with Gasteiger partial charge in [0.1, 0.15) is 5.75 Å². The van der Waals surface area contributed by atoms with Gasteiger partial charge in [0.15, 0.2) is 0 Å². The normalized spacial score (nSPS) is 16.1. The predicted molar refractivity (Wildman–Crippen MR) is 89.9 cm³/mol. The van der Waals surface area contributed by atoms with E-state index in [4.69, 9.17) is 17.6 Å². The summed E-state index contributed by atoms with van der Waals surface area (Å²) in [4.78, 5) is 11.7. The number of carbonyl (C=O) groups excluding carboxylic acids is 1. The molecular formula is C21H14FeO2+2. The molecule has 0 amide bonds. The van der Waals surface area contributed by atoms with Gasteiger partial charge in [-0.05, 0) is 76.0 Å². The van der Waals surface area contributed by atoms with Crippen LogP contribution in [0.15, 0.2) is 18.2 Å². The molecule has 0 unspecified atom stereocenters. The standard InChI is InChI=1S/C16H9O2.C5H5.Fe/c1-3-12-9-13(4-2)11-15(10-12)18-16(17)14-7-5-6-8-14;1-2-4-5-3-1;/h1-2,5-11H;1-5H;/q;;+2. The zero-order valence-corrected chi connectivity index (χ0v) is 13.9. The number of carbonyl (C=O) groups is 1. The van der Waals surface area contributed by atoms with Gasteiger partial charge in [-0.1, -0.05) is 11.8 Å². The third-order valence-corrected chi connectivity index (χ3v) is 2.90. The minimum Gasteiger partial charge on any atom is -0.426 e. The molecule has 3 heteroatoms. The summed E-state index contributed by atoms with van der Waals surface area (Å²) in [6.07, 6.45) is 27.5. The van der Waals surface area contributed by atoms with Crippen LogP contribution in [-0.2, 0) is 21.9 Å². The number of terminal acetylenes is 2. The molecule has 0 heterocycles. The Kier molecular flexibility index (Phi) is 9.32. The van der Waals surface area contributed by atoms with Crippen molar-refractivity contribution in [2.45, 2.75) is 0 Å². The molecule has 24 heavy (non-hydrogen) atoms. The van der Waals surface area contributed by atoms with Crippen LogP contribution < -0.4 is 4.74 Å². The van der Waals surface area contributed by atoms with Gasteiger partial charge in [0, 0.05) is 11.1 Å². The van der Waals surface area contributed by atoms with Crippen LogP contribution in [0.5, 0.6) is 5.75 Å². The van der Waals surface area contributed by atoms with Crippen molar-refractivity contribution in [3.63, 3.8) is 0 Å². The fraction of sp³-hybridized carbons (Fsp3) is 0. The van der Waals surface area contributed by atoms with Crippen molar-refractivity contribution < 1.29 is 26.6 Å². The average molecular weight is 354 g/mol. The smallest absolute Gasteiger partial charge is 0.426 e. The summed E-state index contributed by atoms with van der Waals surface area (Å²) in [5.74, 6) is 5.33. The Morgan fingerprint density at radius 3 is 1.67 bits per heavy atom. The quantitative estimate of drug-likeness (QED) is 0.353. The number of ether oxygens (including phenoxy) is 1. The second-order valence-corrected chi connectivity index (χ2v) is 4.56. The molecule has 0 saturated heterocycles. The number of hydrogen-bond donors (Lipinski definition) is 0. The molecule has 2 aliphatic carbocycles. The number of benzene rings is 1. The largest absolute Gasteiger partial charge is 2.00 e. The molecule has 0 N–H and O–H groups in total. The van der Waals surface area contributed by atoms with Crippen LogP contribution >= 0.6 is 0 Å². The Bertz CT molecular complexity index is 572. The maximum Gasteiger partial charge on any atom is 2.00 e. The van der Waals surface area contributed by atoms with Crippen molar-refractivity contribution in [2.24, 2.45) is 0 Å². The zero-order valence-electron chi connectivity index (χ0n) is 12.8. The van der Waals surface area contributed by atoms with Gasteiger partial charge in [-0.15, -0.1) is 12.8 Å². The maximum absolute atomic E-state index is 11.7. The van der Waals surface area contributed by atoms with Crippen LogP contribution in [0.1, 0.15) is 11.1 Å². The number of hydrogen-bond acceptors (Lipinski definition) is 2. The molecule has 2 aliphatic rings. The molecule has 116 valence electrons. The maximum atomic E-state index is 11.7. The molecule has 0 bridgehead atoms. The van der Waals surface area contributed by atoms with Crippen molar-refractivity contribution in [3.8, 4) is 30.4 Å². The number of esters is 1. The van der Waals surface area contributed by atoms with E-state index in [1.807, 2.05) is 32.1 Å². The minimum absolute atomic E-state index is 0. The zero-order chi connectivity index (χ0) is 16.5. The van der Waals surface area contributed by atoms with Crippen molar-refractivity contribution in [1.29, 1.82) is 0 Å². The fourth-order valence-corrected chi connectivity index (χ4v) is 1.82. The SMILES string of the molecule is C#Cc1cc(C#C)cc(OC(=O)[C]2[CH][CH][CH][CH]2)c1.[CH]1[CH][CH][CH][CH]1.[Fe+2]. The Morgan fingerprint density at radius 2 is 1.25 bits per heavy atom. The minimum atomic E-state index is -0.433. The van der Waals surface area contributed by atoms with Crippen molar-refractivity contribution >= 4 is 5.97 Å². The summed E-state index contributed by atoms with van der Waals surface area (Å²) >= 11 is 0. The molecular weight excluding hydrogens is 340 g/mol. The van der Waals surface area contributed by atoms with Gasteiger partial charge in [0.25, 0.3) is 0 Å². The van der Waals surface area contributed by atoms with E-state index in [9.17, 15) is 4.79 Å². The molecule has 0 spiro atoms. The summed E-state index contributed by atoms with van der Waals surface area (Å²) in [5.41, 5.74) is 1.16. The molecule has 0 atom stereocenters.